The Morgan fingerprint density at radius 2 is 1.57 bits per heavy atom. The molecular formula is C29H28N2O6. The van der Waals surface area contributed by atoms with Gasteiger partial charge in [0.1, 0.15) is 17.2 Å². The molecule has 2 N–H and O–H groups in total. The Morgan fingerprint density at radius 1 is 0.919 bits per heavy atom. The van der Waals surface area contributed by atoms with E-state index in [9.17, 15) is 9.90 Å². The topological polar surface area (TPSA) is 103 Å². The SMILES string of the molecule is COC.COc1ccc(C23Oc4cc(OC)ccc4C2(O)c2nc[nH]c(=O)c2C3c2ccccc2)cc1. The van der Waals surface area contributed by atoms with Gasteiger partial charge in [-0.2, -0.15) is 0 Å². The number of aromatic amines is 1. The molecule has 0 saturated carbocycles. The minimum Gasteiger partial charge on any atom is -0.497 e. The number of nitrogens with one attached hydrogen (secondary N) is 1. The van der Waals surface area contributed by atoms with E-state index in [-0.39, 0.29) is 11.3 Å². The average molecular weight is 501 g/mol. The first-order valence-electron chi connectivity index (χ1n) is 11.7. The number of fused-ring (bicyclic) bond motifs is 5. The first kappa shape index (κ1) is 24.5. The average Bonchev–Trinajstić information content (AvgIpc) is 3.32. The van der Waals surface area contributed by atoms with Crippen molar-refractivity contribution < 1.29 is 24.1 Å². The van der Waals surface area contributed by atoms with Crippen molar-refractivity contribution >= 4 is 0 Å². The highest BCUT2D eigenvalue weighted by Crippen LogP contribution is 2.67. The molecule has 0 saturated heterocycles. The van der Waals surface area contributed by atoms with E-state index in [2.05, 4.69) is 14.7 Å². The number of methoxy groups -OCH3 is 3. The van der Waals surface area contributed by atoms with E-state index < -0.39 is 17.1 Å². The van der Waals surface area contributed by atoms with Crippen LogP contribution in [0.1, 0.15) is 33.9 Å². The van der Waals surface area contributed by atoms with Crippen molar-refractivity contribution in [2.75, 3.05) is 28.4 Å². The second kappa shape index (κ2) is 9.38. The van der Waals surface area contributed by atoms with Crippen LogP contribution in [0.4, 0.5) is 0 Å². The number of aliphatic hydroxyl groups is 1. The molecule has 3 aromatic carbocycles. The molecule has 1 aromatic heterocycles. The fraction of sp³-hybridized carbons (Fsp3) is 0.241. The lowest BCUT2D eigenvalue weighted by Gasteiger charge is -2.40. The first-order chi connectivity index (χ1) is 18.0. The second-order valence-corrected chi connectivity index (χ2v) is 8.88. The number of benzene rings is 3. The molecule has 3 unspecified atom stereocenters. The van der Waals surface area contributed by atoms with E-state index >= 15 is 0 Å². The van der Waals surface area contributed by atoms with Crippen LogP contribution in [-0.2, 0) is 15.9 Å². The number of rotatable bonds is 4. The molecule has 4 aromatic rings. The van der Waals surface area contributed by atoms with Crippen LogP contribution < -0.4 is 19.8 Å². The number of nitrogens with zero attached hydrogens (tertiary/aromatic N) is 1. The van der Waals surface area contributed by atoms with Crippen LogP contribution in [-0.4, -0.2) is 43.5 Å². The summed E-state index contributed by atoms with van der Waals surface area (Å²) in [5.41, 5.74) is -0.716. The Balaban J connectivity index is 0.000000892. The summed E-state index contributed by atoms with van der Waals surface area (Å²) < 4.78 is 21.8. The van der Waals surface area contributed by atoms with Crippen LogP contribution in [0.5, 0.6) is 17.2 Å². The Morgan fingerprint density at radius 3 is 2.22 bits per heavy atom. The van der Waals surface area contributed by atoms with E-state index in [0.29, 0.717) is 33.9 Å². The van der Waals surface area contributed by atoms with E-state index in [0.717, 1.165) is 5.56 Å². The van der Waals surface area contributed by atoms with Crippen molar-refractivity contribution in [3.05, 3.63) is 117 Å². The minimum atomic E-state index is -1.73. The fourth-order valence-electron chi connectivity index (χ4n) is 5.52. The smallest absolute Gasteiger partial charge is 0.255 e. The van der Waals surface area contributed by atoms with Gasteiger partial charge in [0.25, 0.3) is 5.56 Å². The maximum absolute atomic E-state index is 13.3. The van der Waals surface area contributed by atoms with Crippen LogP contribution in [0.2, 0.25) is 0 Å². The van der Waals surface area contributed by atoms with E-state index in [4.69, 9.17) is 14.2 Å². The fourth-order valence-corrected chi connectivity index (χ4v) is 5.52. The van der Waals surface area contributed by atoms with Gasteiger partial charge in [0.15, 0.2) is 11.2 Å². The number of H-pyrrole nitrogens is 1. The summed E-state index contributed by atoms with van der Waals surface area (Å²) >= 11 is 0. The van der Waals surface area contributed by atoms with Crippen LogP contribution in [0.15, 0.2) is 83.9 Å². The minimum absolute atomic E-state index is 0.282. The largest absolute Gasteiger partial charge is 0.497 e. The van der Waals surface area contributed by atoms with Gasteiger partial charge in [0.05, 0.1) is 37.7 Å². The molecule has 190 valence electrons. The Labute approximate surface area is 214 Å². The van der Waals surface area contributed by atoms with Crippen molar-refractivity contribution in [1.29, 1.82) is 0 Å². The van der Waals surface area contributed by atoms with Crippen LogP contribution in [0.25, 0.3) is 0 Å². The maximum atomic E-state index is 13.3. The lowest BCUT2D eigenvalue weighted by molar-refractivity contribution is -0.0904. The number of aromatic nitrogens is 2. The zero-order chi connectivity index (χ0) is 26.2. The van der Waals surface area contributed by atoms with Crippen molar-refractivity contribution in [3.63, 3.8) is 0 Å². The van der Waals surface area contributed by atoms with Crippen molar-refractivity contribution in [3.8, 4) is 17.2 Å². The summed E-state index contributed by atoms with van der Waals surface area (Å²) in [7, 11) is 6.42. The summed E-state index contributed by atoms with van der Waals surface area (Å²) in [6, 6.07) is 22.3. The normalized spacial score (nSPS) is 22.6. The van der Waals surface area contributed by atoms with Gasteiger partial charge in [-0.25, -0.2) is 4.98 Å². The van der Waals surface area contributed by atoms with Gasteiger partial charge < -0.3 is 29.0 Å². The van der Waals surface area contributed by atoms with Gasteiger partial charge in [-0.1, -0.05) is 42.5 Å². The molecule has 8 nitrogen and oxygen atoms in total. The zero-order valence-corrected chi connectivity index (χ0v) is 21.0. The summed E-state index contributed by atoms with van der Waals surface area (Å²) in [4.78, 5) is 20.5. The molecule has 0 fully saturated rings. The van der Waals surface area contributed by atoms with Crippen molar-refractivity contribution in [2.24, 2.45) is 0 Å². The molecule has 0 radical (unpaired) electrons. The van der Waals surface area contributed by atoms with E-state index in [1.54, 1.807) is 46.6 Å². The number of hydrogen-bond acceptors (Lipinski definition) is 7. The third-order valence-corrected chi connectivity index (χ3v) is 6.97. The lowest BCUT2D eigenvalue weighted by Crippen LogP contribution is -2.49. The van der Waals surface area contributed by atoms with Gasteiger partial charge in [-0.3, -0.25) is 4.79 Å². The monoisotopic (exact) mass is 500 g/mol. The van der Waals surface area contributed by atoms with Crippen molar-refractivity contribution in [2.45, 2.75) is 17.1 Å². The Kier molecular flexibility index (Phi) is 6.23. The van der Waals surface area contributed by atoms with E-state index in [1.807, 2.05) is 54.6 Å². The predicted octanol–water partition coefficient (Wildman–Crippen LogP) is 3.72. The summed E-state index contributed by atoms with van der Waals surface area (Å²) in [6.45, 7) is 0. The Hall–Kier alpha value is -4.14. The third-order valence-electron chi connectivity index (χ3n) is 6.97. The molecular weight excluding hydrogens is 472 g/mol. The molecule has 6 rings (SSSR count). The summed E-state index contributed by atoms with van der Waals surface area (Å²) in [6.07, 6.45) is 1.33. The summed E-state index contributed by atoms with van der Waals surface area (Å²) in [5.74, 6) is 1.11. The molecule has 37 heavy (non-hydrogen) atoms. The highest BCUT2D eigenvalue weighted by Gasteiger charge is 2.72. The first-order valence-corrected chi connectivity index (χ1v) is 11.7. The van der Waals surface area contributed by atoms with Gasteiger partial charge in [-0.15, -0.1) is 0 Å². The second-order valence-electron chi connectivity index (χ2n) is 8.88. The molecule has 1 aliphatic heterocycles. The number of ether oxygens (including phenoxy) is 4. The highest BCUT2D eigenvalue weighted by atomic mass is 16.5. The Bertz CT molecular complexity index is 1470. The summed E-state index contributed by atoms with van der Waals surface area (Å²) in [5, 5.41) is 12.7. The quantitative estimate of drug-likeness (QED) is 0.440. The lowest BCUT2D eigenvalue weighted by atomic mass is 9.70. The van der Waals surface area contributed by atoms with Crippen molar-refractivity contribution in [1.82, 2.24) is 9.97 Å². The molecule has 2 heterocycles. The van der Waals surface area contributed by atoms with Gasteiger partial charge in [0.2, 0.25) is 0 Å². The molecule has 0 amide bonds. The van der Waals surface area contributed by atoms with E-state index in [1.165, 1.54) is 6.33 Å². The number of hydrogen-bond donors (Lipinski definition) is 2. The highest BCUT2D eigenvalue weighted by molar-refractivity contribution is 5.64. The zero-order valence-electron chi connectivity index (χ0n) is 21.0. The van der Waals surface area contributed by atoms with Gasteiger partial charge in [0, 0.05) is 31.4 Å². The van der Waals surface area contributed by atoms with Gasteiger partial charge in [-0.05, 0) is 29.8 Å². The van der Waals surface area contributed by atoms with Gasteiger partial charge >= 0.3 is 0 Å². The molecule has 3 atom stereocenters. The third kappa shape index (κ3) is 3.44. The van der Waals surface area contributed by atoms with Crippen LogP contribution in [0.3, 0.4) is 0 Å². The molecule has 0 spiro atoms. The molecule has 0 bridgehead atoms. The van der Waals surface area contributed by atoms with Crippen LogP contribution >= 0.6 is 0 Å². The van der Waals surface area contributed by atoms with Crippen LogP contribution in [0, 0.1) is 0 Å². The standard InChI is InChI=1S/C27H22N2O5.C2H6O/c1-32-18-10-8-17(9-11-18)27-23(16-6-4-3-5-7-16)22-24(28-15-29-25(22)30)26(27,31)20-13-12-19(33-2)14-21(20)34-27;1-3-2/h3-15,23,31H,1-2H3,(H,28,29,30);1-2H3. The molecule has 2 aliphatic rings. The predicted molar refractivity (Wildman–Crippen MR) is 137 cm³/mol. The maximum Gasteiger partial charge on any atom is 0.255 e. The molecule has 1 aliphatic carbocycles. The molecule has 8 heteroatoms.